The van der Waals surface area contributed by atoms with Gasteiger partial charge in [0.25, 0.3) is 5.91 Å². The number of nitrogens with zero attached hydrogens (tertiary/aromatic N) is 8. The molecule has 3 aliphatic rings. The van der Waals surface area contributed by atoms with Crippen LogP contribution >= 0.6 is 0 Å². The fourth-order valence-electron chi connectivity index (χ4n) is 7.78. The van der Waals surface area contributed by atoms with Crippen molar-refractivity contribution in [2.45, 2.75) is 65.5 Å². The van der Waals surface area contributed by atoms with Crippen molar-refractivity contribution in [2.24, 2.45) is 0 Å². The molecule has 0 unspecified atom stereocenters. The number of piperazine rings is 1. The van der Waals surface area contributed by atoms with Crippen LogP contribution in [0.5, 0.6) is 5.75 Å². The van der Waals surface area contributed by atoms with Gasteiger partial charge in [-0.2, -0.15) is 0 Å². The molecule has 1 fully saturated rings. The van der Waals surface area contributed by atoms with Crippen molar-refractivity contribution < 1.29 is 32.6 Å². The molecule has 57 heavy (non-hydrogen) atoms. The quantitative estimate of drug-likeness (QED) is 0.219. The molecule has 3 aliphatic heterocycles. The third-order valence-corrected chi connectivity index (χ3v) is 10.7. The van der Waals surface area contributed by atoms with E-state index in [-0.39, 0.29) is 42.1 Å². The number of amides is 3. The van der Waals surface area contributed by atoms with Gasteiger partial charge < -0.3 is 34.1 Å². The fraction of sp³-hybridized carbons (Fsp3) is 0.463. The fourth-order valence-corrected chi connectivity index (χ4v) is 7.78. The average Bonchev–Trinajstić information content (AvgIpc) is 3.91. The highest BCUT2D eigenvalue weighted by atomic mass is 19.1. The Hall–Kier alpha value is -5.80. The number of carbonyl (C=O) groups excluding carboxylic acids is 3. The van der Waals surface area contributed by atoms with E-state index in [1.165, 1.54) is 13.2 Å². The molecule has 0 atom stereocenters. The maximum Gasteiger partial charge on any atom is 0.410 e. The third kappa shape index (κ3) is 8.49. The van der Waals surface area contributed by atoms with E-state index in [9.17, 15) is 18.8 Å². The predicted octanol–water partition coefficient (Wildman–Crippen LogP) is 5.91. The lowest BCUT2D eigenvalue weighted by molar-refractivity contribution is -0.131. The number of H-pyrrole nitrogens is 1. The van der Waals surface area contributed by atoms with Gasteiger partial charge in [0.2, 0.25) is 5.91 Å². The van der Waals surface area contributed by atoms with Crippen molar-refractivity contribution in [3.63, 3.8) is 0 Å². The lowest BCUT2D eigenvalue weighted by Gasteiger charge is -2.35. The first-order valence-electron chi connectivity index (χ1n) is 19.4. The molecule has 0 aliphatic carbocycles. The van der Waals surface area contributed by atoms with Gasteiger partial charge in [0.15, 0.2) is 17.4 Å². The maximum absolute atomic E-state index is 17.0. The summed E-state index contributed by atoms with van der Waals surface area (Å²) in [4.78, 5) is 55.0. The van der Waals surface area contributed by atoms with Gasteiger partial charge in [-0.3, -0.25) is 14.3 Å². The van der Waals surface area contributed by atoms with E-state index in [0.29, 0.717) is 99.7 Å². The number of fused-ring (bicyclic) bond motifs is 1. The van der Waals surface area contributed by atoms with Crippen LogP contribution in [-0.2, 0) is 16.1 Å². The molecule has 3 amide bonds. The second-order valence-corrected chi connectivity index (χ2v) is 15.6. The molecule has 1 N–H and O–H groups in total. The number of aromatic amines is 1. The van der Waals surface area contributed by atoms with Crippen molar-refractivity contribution >= 4 is 45.8 Å². The zero-order valence-electron chi connectivity index (χ0n) is 33.1. The molecule has 3 aromatic heterocycles. The summed E-state index contributed by atoms with van der Waals surface area (Å²) in [6.45, 7) is 11.0. The van der Waals surface area contributed by atoms with Crippen LogP contribution in [0.1, 0.15) is 75.0 Å². The highest BCUT2D eigenvalue weighted by Crippen LogP contribution is 2.39. The van der Waals surface area contributed by atoms with Gasteiger partial charge in [-0.1, -0.05) is 18.2 Å². The molecule has 1 aromatic carbocycles. The first-order chi connectivity index (χ1) is 27.3. The Labute approximate surface area is 330 Å². The van der Waals surface area contributed by atoms with E-state index >= 15 is 4.39 Å². The van der Waals surface area contributed by atoms with E-state index in [0.717, 1.165) is 22.9 Å². The zero-order valence-corrected chi connectivity index (χ0v) is 33.1. The first kappa shape index (κ1) is 39.4. The average molecular weight is 786 g/mol. The summed E-state index contributed by atoms with van der Waals surface area (Å²) >= 11 is 0. The molecule has 0 spiro atoms. The Balaban J connectivity index is 1.21. The van der Waals surface area contributed by atoms with Crippen molar-refractivity contribution in [2.75, 3.05) is 64.4 Å². The van der Waals surface area contributed by atoms with Gasteiger partial charge in [0, 0.05) is 82.0 Å². The Kier molecular flexibility index (Phi) is 11.3. The minimum absolute atomic E-state index is 0.0650. The summed E-state index contributed by atoms with van der Waals surface area (Å²) in [6.07, 6.45) is 7.95. The second-order valence-electron chi connectivity index (χ2n) is 15.6. The van der Waals surface area contributed by atoms with E-state index < -0.39 is 17.2 Å². The normalized spacial score (nSPS) is 16.6. The zero-order chi connectivity index (χ0) is 40.4. The van der Waals surface area contributed by atoms with Gasteiger partial charge in [-0.15, -0.1) is 5.10 Å². The number of hydrogen-bond acceptors (Lipinski definition) is 9. The predicted molar refractivity (Wildman–Crippen MR) is 211 cm³/mol. The van der Waals surface area contributed by atoms with Crippen LogP contribution in [-0.4, -0.2) is 123 Å². The lowest BCUT2D eigenvalue weighted by Crippen LogP contribution is -2.49. The topological polar surface area (TPSA) is 142 Å². The van der Waals surface area contributed by atoms with Crippen LogP contribution in [0.2, 0.25) is 0 Å². The monoisotopic (exact) mass is 785 g/mol. The van der Waals surface area contributed by atoms with Crippen LogP contribution < -0.4 is 9.64 Å². The SMILES string of the molecule is CCC1=C(c2cc(C3=CCCN(C(=O)CCn4ccnn4)C3)c(F)c3[nH]c(C(=O)N4CCN(c5ncc(F)cc5OC)CC4)cc23)CCN(C(=O)OC(C)(C)C)C1. The molecule has 7 rings (SSSR count). The number of benzene rings is 1. The number of hydrogen-bond donors (Lipinski definition) is 1. The van der Waals surface area contributed by atoms with Gasteiger partial charge in [-0.25, -0.2) is 18.6 Å². The van der Waals surface area contributed by atoms with Crippen molar-refractivity contribution in [3.05, 3.63) is 76.9 Å². The number of halogens is 2. The molecule has 0 saturated carbocycles. The van der Waals surface area contributed by atoms with Crippen LogP contribution in [0, 0.1) is 11.6 Å². The van der Waals surface area contributed by atoms with Gasteiger partial charge in [-0.05, 0) is 74.4 Å². The van der Waals surface area contributed by atoms with E-state index in [1.54, 1.807) is 37.8 Å². The molecule has 6 heterocycles. The van der Waals surface area contributed by atoms with Crippen LogP contribution in [0.3, 0.4) is 0 Å². The summed E-state index contributed by atoms with van der Waals surface area (Å²) in [7, 11) is 1.46. The largest absolute Gasteiger partial charge is 0.493 e. The number of ether oxygens (including phenoxy) is 2. The van der Waals surface area contributed by atoms with Crippen LogP contribution in [0.4, 0.5) is 19.4 Å². The Morgan fingerprint density at radius 1 is 0.947 bits per heavy atom. The number of methoxy groups -OCH3 is 1. The number of anilines is 1. The molecular weight excluding hydrogens is 737 g/mol. The molecule has 16 heteroatoms. The summed E-state index contributed by atoms with van der Waals surface area (Å²) in [5.41, 5.74) is 3.65. The highest BCUT2D eigenvalue weighted by Gasteiger charge is 2.32. The third-order valence-electron chi connectivity index (χ3n) is 10.7. The minimum Gasteiger partial charge on any atom is -0.493 e. The van der Waals surface area contributed by atoms with Crippen LogP contribution in [0.25, 0.3) is 22.0 Å². The molecule has 4 aromatic rings. The summed E-state index contributed by atoms with van der Waals surface area (Å²) < 4.78 is 43.4. The summed E-state index contributed by atoms with van der Waals surface area (Å²) in [5, 5.41) is 8.33. The van der Waals surface area contributed by atoms with Crippen molar-refractivity contribution in [3.8, 4) is 5.75 Å². The smallest absolute Gasteiger partial charge is 0.410 e. The Morgan fingerprint density at radius 2 is 1.74 bits per heavy atom. The van der Waals surface area contributed by atoms with E-state index in [1.807, 2.05) is 44.7 Å². The van der Waals surface area contributed by atoms with Crippen LogP contribution in [0.15, 0.2) is 48.4 Å². The number of rotatable bonds is 9. The highest BCUT2D eigenvalue weighted by molar-refractivity contribution is 6.03. The molecule has 0 radical (unpaired) electrons. The number of aromatic nitrogens is 5. The number of aryl methyl sites for hydroxylation is 1. The lowest BCUT2D eigenvalue weighted by atomic mass is 9.87. The second kappa shape index (κ2) is 16.4. The molecular formula is C41H49F2N9O5. The minimum atomic E-state index is -0.643. The number of nitrogens with one attached hydrogen (secondary N) is 1. The maximum atomic E-state index is 17.0. The first-order valence-corrected chi connectivity index (χ1v) is 19.4. The molecule has 1 saturated heterocycles. The number of pyridine rings is 1. The van der Waals surface area contributed by atoms with Crippen molar-refractivity contribution in [1.82, 2.24) is 39.7 Å². The van der Waals surface area contributed by atoms with E-state index in [2.05, 4.69) is 20.3 Å². The number of carbonyl (C=O) groups is 3. The van der Waals surface area contributed by atoms with Gasteiger partial charge in [0.1, 0.15) is 17.1 Å². The van der Waals surface area contributed by atoms with Crippen molar-refractivity contribution in [1.29, 1.82) is 0 Å². The van der Waals surface area contributed by atoms with Gasteiger partial charge >= 0.3 is 6.09 Å². The molecule has 14 nitrogen and oxygen atoms in total. The summed E-state index contributed by atoms with van der Waals surface area (Å²) in [5.74, 6) is -0.527. The standard InChI is InChI=1S/C41H49F2N9O5/c1-6-26-24-51(40(55)57-41(2,3)4)13-9-29(26)31-21-30(27-8-7-12-50(25-27)35(53)10-14-52-15-11-45-47-52)36(43)37-32(31)22-33(46-37)39(54)49-18-16-48(17-19-49)38-34(56-5)20-28(42)23-44-38/h8,11,15,20-23,46H,6-7,9-10,12-14,16-19,24-25H2,1-5H3. The molecule has 0 bridgehead atoms. The van der Waals surface area contributed by atoms with E-state index in [4.69, 9.17) is 9.47 Å². The Bertz CT molecular complexity index is 2220. The Morgan fingerprint density at radius 3 is 2.44 bits per heavy atom. The van der Waals surface area contributed by atoms with Gasteiger partial charge in [0.05, 0.1) is 31.6 Å². The summed E-state index contributed by atoms with van der Waals surface area (Å²) in [6, 6.07) is 4.86. The molecule has 302 valence electrons.